The number of aliphatic hydroxyl groups is 6. The first kappa shape index (κ1) is 58.4. The van der Waals surface area contributed by atoms with E-state index >= 15 is 0 Å². The average Bonchev–Trinajstić information content (AvgIpc) is 3.18. The van der Waals surface area contributed by atoms with Gasteiger partial charge in [-0.05, 0) is 0 Å². The second-order valence-electron chi connectivity index (χ2n) is 14.7. The van der Waals surface area contributed by atoms with E-state index in [1.54, 1.807) is 0 Å². The van der Waals surface area contributed by atoms with Crippen LogP contribution in [0.4, 0.5) is 0 Å². The van der Waals surface area contributed by atoms with Crippen molar-refractivity contribution in [2.45, 2.75) is 137 Å². The third kappa shape index (κ3) is 15.9. The molecule has 20 atom stereocenters. The Bertz CT molecular complexity index is 2300. The first-order valence-electron chi connectivity index (χ1n) is 18.7. The van der Waals surface area contributed by atoms with Crippen LogP contribution < -0.4 is 10.6 Å². The van der Waals surface area contributed by atoms with E-state index in [0.717, 1.165) is 13.8 Å². The standard InChI is InChI=1S/C28H44N2O35S4/c1-5(31)29-9-18(16(64-68(49,50)51)7(57-25(9)42)3-55-66(43,44)45)59-28-15(37)13(35)20(22(63-28)24(40)41)61-26-10(30-6(2)32)19(60-27-14(36)11(33)12(34)21(62-27)23(38)39)17(65-69(52,53)54)8(58-26)4-56-67(46,47)48/h7-22,25-28,33-37,42H,3-4H2,1-2H3,(H,29,31)(H,30,32)(H,38,39)(H,40,41)(H,43,44,45)(H,46,47,48)(H,49,50,51)(H,52,53,54)/t7-,8-,9-,10-,11+,12+,13-,14-,15-,16+,17+,18-,19-,20+,21+,22+,25-,26+,27-,28-/m1/s1. The van der Waals surface area contributed by atoms with Gasteiger partial charge in [0.15, 0.2) is 37.4 Å². The summed E-state index contributed by atoms with van der Waals surface area (Å²) in [7, 11) is -22.5. The Hall–Kier alpha value is -3.16. The molecule has 0 aromatic carbocycles. The van der Waals surface area contributed by atoms with Crippen molar-refractivity contribution in [1.82, 2.24) is 10.6 Å². The molecule has 14 N–H and O–H groups in total. The molecule has 4 saturated heterocycles. The van der Waals surface area contributed by atoms with Gasteiger partial charge in [-0.2, -0.15) is 33.7 Å². The molecule has 0 aromatic heterocycles. The van der Waals surface area contributed by atoms with Gasteiger partial charge in [-0.25, -0.2) is 26.3 Å². The molecule has 2 amide bonds. The van der Waals surface area contributed by atoms with Crippen LogP contribution >= 0.6 is 0 Å². The topological polar surface area (TPSA) is 573 Å². The first-order valence-corrected chi connectivity index (χ1v) is 24.2. The van der Waals surface area contributed by atoms with Crippen LogP contribution in [0.3, 0.4) is 0 Å². The lowest BCUT2D eigenvalue weighted by molar-refractivity contribution is -0.366. The summed E-state index contributed by atoms with van der Waals surface area (Å²) in [5.41, 5.74) is 0. The third-order valence-electron chi connectivity index (χ3n) is 9.75. The fourth-order valence-electron chi connectivity index (χ4n) is 7.06. The molecule has 0 radical (unpaired) electrons. The Morgan fingerprint density at radius 1 is 0.464 bits per heavy atom. The summed E-state index contributed by atoms with van der Waals surface area (Å²) in [6, 6.07) is -4.50. The minimum atomic E-state index is -5.83. The number of hydrogen-bond donors (Lipinski definition) is 14. The molecule has 4 fully saturated rings. The van der Waals surface area contributed by atoms with Gasteiger partial charge in [0, 0.05) is 13.8 Å². The highest BCUT2D eigenvalue weighted by molar-refractivity contribution is 7.81. The highest BCUT2D eigenvalue weighted by atomic mass is 32.3. The van der Waals surface area contributed by atoms with Crippen molar-refractivity contribution in [3.05, 3.63) is 0 Å². The number of aliphatic carboxylic acids is 2. The van der Waals surface area contributed by atoms with Gasteiger partial charge in [-0.15, -0.1) is 0 Å². The first-order chi connectivity index (χ1) is 31.5. The molecule has 4 aliphatic heterocycles. The summed E-state index contributed by atoms with van der Waals surface area (Å²) in [5, 5.41) is 88.6. The average molecular weight is 1100 g/mol. The number of ether oxygens (including phenoxy) is 7. The Kier molecular flexibility index (Phi) is 19.2. The van der Waals surface area contributed by atoms with Crippen LogP contribution in [0.2, 0.25) is 0 Å². The van der Waals surface area contributed by atoms with Crippen LogP contribution in [-0.2, 0) is 111 Å². The van der Waals surface area contributed by atoms with Gasteiger partial charge in [0.2, 0.25) is 11.8 Å². The monoisotopic (exact) mass is 1100 g/mol. The van der Waals surface area contributed by atoms with Crippen LogP contribution in [0.25, 0.3) is 0 Å². The smallest absolute Gasteiger partial charge is 0.397 e. The SMILES string of the molecule is CC(=O)N[C@@H]1[C@@H](O[C@@H]2O[C@H](C(=O)O)[C@@H](O[C@@H]3O[C@H](COS(=O)(=O)O)[C@H](OS(=O)(=O)O)[C@H](O[C@@H]4O[C@H](C(=O)O)[C@@H](O)[C@H](O)[C@H]4O)[C@H]3NC(C)=O)[C@H](O)[C@H]2O)[C@@H](OS(=O)(=O)O)[C@@H](COS(=O)(=O)O)O[C@H]1O. The molecule has 0 saturated carbocycles. The van der Waals surface area contributed by atoms with Crippen molar-refractivity contribution in [2.75, 3.05) is 13.2 Å². The number of amides is 2. The maximum atomic E-state index is 12.8. The summed E-state index contributed by atoms with van der Waals surface area (Å²) < 4.78 is 187. The van der Waals surface area contributed by atoms with Crippen molar-refractivity contribution >= 4 is 65.3 Å². The van der Waals surface area contributed by atoms with E-state index in [9.17, 15) is 107 Å². The van der Waals surface area contributed by atoms with E-state index < -0.39 is 201 Å². The van der Waals surface area contributed by atoms with E-state index in [2.05, 4.69) is 16.7 Å². The lowest BCUT2D eigenvalue weighted by Gasteiger charge is -2.50. The van der Waals surface area contributed by atoms with Crippen molar-refractivity contribution in [1.29, 1.82) is 0 Å². The molecule has 69 heavy (non-hydrogen) atoms. The molecule has 4 aliphatic rings. The molecule has 0 aromatic rings. The lowest BCUT2D eigenvalue weighted by atomic mass is 9.94. The van der Waals surface area contributed by atoms with Crippen molar-refractivity contribution in [2.24, 2.45) is 0 Å². The number of hydrogen-bond acceptors (Lipinski definition) is 29. The zero-order valence-corrected chi connectivity index (χ0v) is 37.6. The highest BCUT2D eigenvalue weighted by Gasteiger charge is 2.59. The molecule has 4 rings (SSSR count). The van der Waals surface area contributed by atoms with Crippen LogP contribution in [0.15, 0.2) is 0 Å². The predicted molar refractivity (Wildman–Crippen MR) is 200 cm³/mol. The largest absolute Gasteiger partial charge is 0.479 e. The van der Waals surface area contributed by atoms with Crippen LogP contribution in [0, 0.1) is 0 Å². The van der Waals surface area contributed by atoms with Crippen molar-refractivity contribution in [3.63, 3.8) is 0 Å². The van der Waals surface area contributed by atoms with Gasteiger partial charge >= 0.3 is 53.5 Å². The van der Waals surface area contributed by atoms with Crippen molar-refractivity contribution in [3.8, 4) is 0 Å². The number of carbonyl (C=O) groups excluding carboxylic acids is 2. The van der Waals surface area contributed by atoms with E-state index in [-0.39, 0.29) is 0 Å². The van der Waals surface area contributed by atoms with Gasteiger partial charge < -0.3 is 84.6 Å². The molecule has 400 valence electrons. The number of carboxylic acid groups (broad SMARTS) is 2. The Labute approximate surface area is 386 Å². The maximum Gasteiger partial charge on any atom is 0.397 e. The number of carbonyl (C=O) groups is 4. The summed E-state index contributed by atoms with van der Waals surface area (Å²) in [6.45, 7) is -1.60. The molecular formula is C28H44N2O35S4. The molecule has 0 aliphatic carbocycles. The summed E-state index contributed by atoms with van der Waals surface area (Å²) in [5.74, 6) is -6.52. The van der Waals surface area contributed by atoms with Crippen LogP contribution in [0.1, 0.15) is 13.8 Å². The number of carboxylic acids is 2. The van der Waals surface area contributed by atoms with E-state index in [1.165, 1.54) is 0 Å². The molecule has 0 bridgehead atoms. The quantitative estimate of drug-likeness (QED) is 0.0504. The molecule has 0 spiro atoms. The van der Waals surface area contributed by atoms with Gasteiger partial charge in [-0.1, -0.05) is 0 Å². The van der Waals surface area contributed by atoms with E-state index in [0.29, 0.717) is 0 Å². The third-order valence-corrected chi connectivity index (χ3v) is 11.6. The van der Waals surface area contributed by atoms with Gasteiger partial charge in [-0.3, -0.25) is 27.8 Å². The molecule has 4 heterocycles. The molecule has 0 unspecified atom stereocenters. The molecule has 41 heteroatoms. The second kappa shape index (κ2) is 22.7. The van der Waals surface area contributed by atoms with E-state index in [1.807, 2.05) is 10.6 Å². The van der Waals surface area contributed by atoms with Crippen LogP contribution in [-0.4, -0.2) is 252 Å². The highest BCUT2D eigenvalue weighted by Crippen LogP contribution is 2.37. The van der Waals surface area contributed by atoms with Crippen LogP contribution in [0.5, 0.6) is 0 Å². The van der Waals surface area contributed by atoms with Gasteiger partial charge in [0.25, 0.3) is 0 Å². The number of rotatable bonds is 20. The number of aliphatic hydroxyl groups excluding tert-OH is 6. The zero-order chi connectivity index (χ0) is 52.5. The lowest BCUT2D eigenvalue weighted by Crippen LogP contribution is -2.71. The predicted octanol–water partition coefficient (Wildman–Crippen LogP) is -9.97. The molecular weight excluding hydrogens is 1050 g/mol. The fourth-order valence-corrected chi connectivity index (χ4v) is 8.70. The Morgan fingerprint density at radius 3 is 1.28 bits per heavy atom. The van der Waals surface area contributed by atoms with E-state index in [4.69, 9.17) is 37.7 Å². The van der Waals surface area contributed by atoms with Crippen molar-refractivity contribution < 1.29 is 162 Å². The number of nitrogens with one attached hydrogen (secondary N) is 2. The minimum Gasteiger partial charge on any atom is -0.479 e. The Morgan fingerprint density at radius 2 is 0.855 bits per heavy atom. The second-order valence-corrected chi connectivity index (χ2v) is 19.0. The minimum absolute atomic E-state index is 0.719. The molecule has 37 nitrogen and oxygen atoms in total. The zero-order valence-electron chi connectivity index (χ0n) is 34.4. The summed E-state index contributed by atoms with van der Waals surface area (Å²) in [6.07, 6.45) is -46.0. The normalized spacial score (nSPS) is 39.2. The summed E-state index contributed by atoms with van der Waals surface area (Å²) >= 11 is 0. The fraction of sp³-hybridized carbons (Fsp3) is 0.857. The van der Waals surface area contributed by atoms with Gasteiger partial charge in [0.05, 0.1) is 13.2 Å². The maximum absolute atomic E-state index is 12.8. The van der Waals surface area contributed by atoms with Gasteiger partial charge in [0.1, 0.15) is 85.3 Å². The Balaban J connectivity index is 1.81. The summed E-state index contributed by atoms with van der Waals surface area (Å²) in [4.78, 5) is 49.4.